The molecule has 115 heavy (non-hydrogen) atoms. The van der Waals surface area contributed by atoms with Gasteiger partial charge in [0, 0.05) is 117 Å². The summed E-state index contributed by atoms with van der Waals surface area (Å²) in [7, 11) is -2.13. The minimum Gasteiger partial charge on any atom is -0.304 e. The molecule has 7 heterocycles. The van der Waals surface area contributed by atoms with Gasteiger partial charge in [0.1, 0.15) is 5.00 Å². The minimum atomic E-state index is -0.763. The summed E-state index contributed by atoms with van der Waals surface area (Å²) in [6, 6.07) is 144. The third-order valence-corrected chi connectivity index (χ3v) is 32.2. The fourth-order valence-electron chi connectivity index (χ4n) is 16.0. The van der Waals surface area contributed by atoms with E-state index in [1.165, 1.54) is 139 Å². The number of rotatable bonds is 10. The van der Waals surface area contributed by atoms with E-state index in [0.29, 0.717) is 0 Å². The number of hydrogen-bond donors (Lipinski definition) is 0. The summed E-state index contributed by atoms with van der Waals surface area (Å²) in [6.07, 6.45) is 1.90. The monoisotopic (exact) mass is 2120 g/mol. The van der Waals surface area contributed by atoms with Gasteiger partial charge in [0.2, 0.25) is 0 Å². The molecule has 0 N–H and O–H groups in total. The molecule has 20 aromatic rings. The van der Waals surface area contributed by atoms with Crippen LogP contribution in [0.3, 0.4) is 0 Å². The number of nitrogens with zero attached hydrogens (tertiary/aromatic N) is 4. The molecule has 0 unspecified atom stereocenters. The molecule has 22 rings (SSSR count). The second-order valence-corrected chi connectivity index (χ2v) is 38.0. The van der Waals surface area contributed by atoms with E-state index in [1.807, 2.05) is 23.6 Å². The number of aromatic nitrogens is 3. The molecule has 0 saturated heterocycles. The van der Waals surface area contributed by atoms with Crippen LogP contribution in [0.2, 0.25) is 0 Å². The number of para-hydroxylation sites is 4. The normalized spacial score (nSPS) is 12.6. The van der Waals surface area contributed by atoms with Crippen molar-refractivity contribution in [3.63, 3.8) is 0 Å². The molecule has 3 radical (unpaired) electrons. The van der Waals surface area contributed by atoms with Gasteiger partial charge >= 0.3 is 0 Å². The van der Waals surface area contributed by atoms with Gasteiger partial charge in [-0.3, -0.25) is 9.97 Å². The molecule has 0 amide bonds. The Morgan fingerprint density at radius 3 is 1.32 bits per heavy atom. The molecule has 0 fully saturated rings. The van der Waals surface area contributed by atoms with Crippen LogP contribution in [0.1, 0.15) is 25.0 Å². The SMILES string of the molecule is CC1(C)c2ccccc2P(c2cc[c-]c(-c3nccc4ccccc34)c2)c2ccccc21.[Ir].[Ir].[Ir].[c-]1ccc(-p2c3ccc(-c4ccccc4)cc3c3cc(-c4ccccc4)ccc32)cc1-c1nc2ccccc2s1.[c-]1ccc(P2c3ccccc3N(c3ccc(-c4ccccc4)s3)c3ccccc32)cc1-c1nc2ccccc2s1. The van der Waals surface area contributed by atoms with Crippen LogP contribution < -0.4 is 36.7 Å². The van der Waals surface area contributed by atoms with Crippen molar-refractivity contribution in [3.8, 4) is 70.4 Å². The summed E-state index contributed by atoms with van der Waals surface area (Å²) in [5.74, 6) is 0. The van der Waals surface area contributed by atoms with Gasteiger partial charge in [-0.25, -0.2) is 0 Å². The number of anilines is 3. The van der Waals surface area contributed by atoms with Gasteiger partial charge in [-0.05, 0) is 171 Å². The Balaban J connectivity index is 0.000000124. The van der Waals surface area contributed by atoms with E-state index in [0.717, 1.165) is 43.4 Å². The van der Waals surface area contributed by atoms with Crippen LogP contribution in [-0.4, -0.2) is 15.0 Å². The van der Waals surface area contributed by atoms with Crippen molar-refractivity contribution in [1.29, 1.82) is 0 Å². The van der Waals surface area contributed by atoms with Crippen LogP contribution in [0.25, 0.3) is 123 Å². The van der Waals surface area contributed by atoms with Crippen LogP contribution in [0.4, 0.5) is 16.4 Å². The number of thiophene rings is 1. The zero-order valence-corrected chi connectivity index (χ0v) is 74.5. The second-order valence-electron chi connectivity index (χ2n) is 28.4. The van der Waals surface area contributed by atoms with Gasteiger partial charge in [-0.2, -0.15) is 22.7 Å². The molecule has 0 spiro atoms. The predicted octanol–water partition coefficient (Wildman–Crippen LogP) is 26.5. The molecule has 0 saturated carbocycles. The second kappa shape index (κ2) is 33.7. The van der Waals surface area contributed by atoms with Gasteiger partial charge in [0.25, 0.3) is 0 Å². The van der Waals surface area contributed by atoms with Crippen molar-refractivity contribution < 1.29 is 60.3 Å². The first-order valence-electron chi connectivity index (χ1n) is 37.5. The fraction of sp³-hybridized carbons (Fsp3) is 0.0294. The fourth-order valence-corrected chi connectivity index (χ4v) is 27.1. The summed E-state index contributed by atoms with van der Waals surface area (Å²) < 4.78 is 2.41. The summed E-state index contributed by atoms with van der Waals surface area (Å²) in [4.78, 5) is 18.3. The molecule has 0 atom stereocenters. The molecule has 0 bridgehead atoms. The molecule has 2 aliphatic rings. The van der Waals surface area contributed by atoms with Crippen LogP contribution in [0, 0.1) is 18.2 Å². The van der Waals surface area contributed by atoms with Crippen molar-refractivity contribution in [1.82, 2.24) is 15.0 Å². The van der Waals surface area contributed by atoms with Gasteiger partial charge in [0.15, 0.2) is 0 Å². The first-order chi connectivity index (χ1) is 55.3. The smallest absolute Gasteiger partial charge is 0.101 e. The van der Waals surface area contributed by atoms with Crippen molar-refractivity contribution in [2.45, 2.75) is 19.3 Å². The van der Waals surface area contributed by atoms with Crippen LogP contribution in [-0.2, 0) is 65.7 Å². The Hall–Kier alpha value is -9.90. The maximum absolute atomic E-state index is 4.92. The molecular weight excluding hydrogens is 2050 g/mol. The van der Waals surface area contributed by atoms with Crippen molar-refractivity contribution in [2.24, 2.45) is 0 Å². The van der Waals surface area contributed by atoms with Crippen molar-refractivity contribution >= 4 is 158 Å². The van der Waals surface area contributed by atoms with Crippen LogP contribution >= 0.6 is 57.4 Å². The van der Waals surface area contributed by atoms with E-state index in [9.17, 15) is 0 Å². The van der Waals surface area contributed by atoms with E-state index in [2.05, 4.69) is 401 Å². The van der Waals surface area contributed by atoms with Crippen LogP contribution in [0.5, 0.6) is 0 Å². The first-order valence-corrected chi connectivity index (χ1v) is 44.0. The van der Waals surface area contributed by atoms with E-state index < -0.39 is 23.4 Å². The van der Waals surface area contributed by atoms with E-state index in [-0.39, 0.29) is 65.7 Å². The molecule has 15 aromatic carbocycles. The zero-order chi connectivity index (χ0) is 74.6. The quantitative estimate of drug-likeness (QED) is 0.101. The minimum absolute atomic E-state index is 0. The Morgan fingerprint density at radius 1 is 0.339 bits per heavy atom. The third-order valence-electron chi connectivity index (χ3n) is 21.3. The summed E-state index contributed by atoms with van der Waals surface area (Å²) >= 11 is 5.31. The number of hydrogen-bond acceptors (Lipinski definition) is 7. The molecule has 559 valence electrons. The molecule has 4 nitrogen and oxygen atoms in total. The summed E-state index contributed by atoms with van der Waals surface area (Å²) in [6.45, 7) is 4.70. The van der Waals surface area contributed by atoms with Gasteiger partial charge < -0.3 is 9.88 Å². The molecule has 13 heteroatoms. The number of fused-ring (bicyclic) bond motifs is 10. The number of thiazole rings is 2. The van der Waals surface area contributed by atoms with E-state index in [4.69, 9.17) is 15.0 Å². The Bertz CT molecular complexity index is 6680. The summed E-state index contributed by atoms with van der Waals surface area (Å²) in [5.41, 5.74) is 17.9. The average molecular weight is 2120 g/mol. The Morgan fingerprint density at radius 2 is 0.774 bits per heavy atom. The topological polar surface area (TPSA) is 41.9 Å². The average Bonchev–Trinajstić information content (AvgIpc) is 1.63. The largest absolute Gasteiger partial charge is 0.304 e. The summed E-state index contributed by atoms with van der Waals surface area (Å²) in [5, 5.41) is 20.8. The number of pyridine rings is 1. The Kier molecular flexibility index (Phi) is 22.8. The predicted molar refractivity (Wildman–Crippen MR) is 485 cm³/mol. The van der Waals surface area contributed by atoms with Gasteiger partial charge in [-0.1, -0.05) is 274 Å². The van der Waals surface area contributed by atoms with E-state index >= 15 is 0 Å². The number of benzene rings is 15. The maximum Gasteiger partial charge on any atom is 0.101 e. The van der Waals surface area contributed by atoms with Crippen molar-refractivity contribution in [2.75, 3.05) is 4.90 Å². The zero-order valence-electron chi connectivity index (χ0n) is 62.2. The van der Waals surface area contributed by atoms with Crippen molar-refractivity contribution in [3.05, 3.63) is 406 Å². The Labute approximate surface area is 726 Å². The first kappa shape index (κ1) is 77.7. The third kappa shape index (κ3) is 14.9. The molecule has 2 aliphatic heterocycles. The molecular formula is C102H68Ir3N4P3S3-3. The van der Waals surface area contributed by atoms with Crippen LogP contribution in [0.15, 0.2) is 376 Å². The molecule has 5 aromatic heterocycles. The van der Waals surface area contributed by atoms with E-state index in [1.54, 1.807) is 22.7 Å². The van der Waals surface area contributed by atoms with Gasteiger partial charge in [-0.15, -0.1) is 101 Å². The van der Waals surface area contributed by atoms with Gasteiger partial charge in [0.05, 0.1) is 22.4 Å². The molecule has 0 aliphatic carbocycles. The maximum atomic E-state index is 4.92. The standard InChI is InChI=1S/C37H23NPS.C35H22N2PS2.C30H23NP.3Ir/c1-3-10-25(11-4-1)27-18-20-34-31(23-27)32-24-28(26-12-5-2-6-13-26)19-21-35(32)39(34)30-15-9-14-29(22-30)37-38-33-16-7-8-17-36(33)40-37;1-2-11-24(12-3-1)32-21-22-34(39-32)37-28-16-5-7-18-30(28)38(31-19-8-6-17-29(31)37)26-14-10-13-25(23-26)35-36-27-15-4-9-20-33(27)40-35;1-30(2)25-14-5-7-16-27(25)32(28-17-8-6-15-26(28)30)23-12-9-11-22(20-23)29-24-13-4-3-10-21(24)18-19-31-29;;;/h1-13,15-24H;1-12,14-23H;3-10,12-20H,1-2H3;;;/q3*-1;;;.